The summed E-state index contributed by atoms with van der Waals surface area (Å²) in [6.07, 6.45) is 21.6. The zero-order valence-corrected chi connectivity index (χ0v) is 25.8. The van der Waals surface area contributed by atoms with Crippen molar-refractivity contribution in [1.82, 2.24) is 0 Å². The van der Waals surface area contributed by atoms with E-state index in [4.69, 9.17) is 4.55 Å². The summed E-state index contributed by atoms with van der Waals surface area (Å²) in [7, 11) is -0.726. The lowest BCUT2D eigenvalue weighted by molar-refractivity contribution is -0.910. The highest BCUT2D eigenvalue weighted by atomic mass is 32.3. The summed E-state index contributed by atoms with van der Waals surface area (Å²) < 4.78 is 31.1. The molecule has 214 valence electrons. The normalized spacial score (nSPS) is 12.5. The number of rotatable bonds is 22. The number of quaternary nitrogens is 1. The summed E-state index contributed by atoms with van der Waals surface area (Å²) in [6.45, 7) is 18.4. The molecule has 0 atom stereocenters. The molecule has 0 aliphatic carbocycles. The van der Waals surface area contributed by atoms with Gasteiger partial charge in [-0.15, -0.1) is 0 Å². The van der Waals surface area contributed by atoms with Crippen LogP contribution in [0.2, 0.25) is 0 Å². The Hall–Kier alpha value is -0.170. The molecule has 1 N–H and O–H groups in total. The van der Waals surface area contributed by atoms with Gasteiger partial charge in [-0.2, -0.15) is 8.42 Å². The van der Waals surface area contributed by atoms with E-state index in [0.29, 0.717) is 0 Å². The van der Waals surface area contributed by atoms with Gasteiger partial charge in [0, 0.05) is 0 Å². The van der Waals surface area contributed by atoms with Crippen LogP contribution < -0.4 is 0 Å². The van der Waals surface area contributed by atoms with Gasteiger partial charge in [-0.3, -0.25) is 8.74 Å². The van der Waals surface area contributed by atoms with Crippen molar-refractivity contribution in [3.8, 4) is 0 Å². The van der Waals surface area contributed by atoms with Crippen LogP contribution in [0.5, 0.6) is 0 Å². The van der Waals surface area contributed by atoms with Crippen LogP contribution in [0.3, 0.4) is 0 Å². The molecule has 0 fully saturated rings. The Labute approximate surface area is 221 Å². The van der Waals surface area contributed by atoms with Crippen molar-refractivity contribution in [2.45, 2.75) is 138 Å². The van der Waals surface area contributed by atoms with E-state index in [1.165, 1.54) is 120 Å². The molecule has 6 heteroatoms. The van der Waals surface area contributed by atoms with Gasteiger partial charge in [0.2, 0.25) is 0 Å². The molecule has 0 aromatic rings. The van der Waals surface area contributed by atoms with Gasteiger partial charge in [0.15, 0.2) is 0 Å². The molecule has 0 bridgehead atoms. The van der Waals surface area contributed by atoms with E-state index in [1.54, 1.807) is 0 Å². The standard InChI is InChI=1S/C28H60N.CH4O4S/c1-26(2)20-14-8-11-17-23-29(7,24-18-12-9-15-21-27(3)4)25-19-13-10-16-22-28(5)6;1-5-6(2,3)4/h26-28H,8-25H2,1-7H3;1H3,(H,2,3,4)/q+1;. The zero-order chi connectivity index (χ0) is 27.2. The zero-order valence-electron chi connectivity index (χ0n) is 25.0. The van der Waals surface area contributed by atoms with Crippen LogP contribution in [-0.2, 0) is 14.6 Å². The summed E-state index contributed by atoms with van der Waals surface area (Å²) in [5.41, 5.74) is 0. The molecular formula is C29H64NO4S+. The second-order valence-electron chi connectivity index (χ2n) is 12.2. The maximum absolute atomic E-state index is 9.33. The van der Waals surface area contributed by atoms with Gasteiger partial charge in [-0.25, -0.2) is 0 Å². The first-order chi connectivity index (χ1) is 16.3. The lowest BCUT2D eigenvalue weighted by Gasteiger charge is -2.35. The van der Waals surface area contributed by atoms with Gasteiger partial charge in [-0.05, 0) is 56.3 Å². The van der Waals surface area contributed by atoms with Crippen molar-refractivity contribution in [3.05, 3.63) is 0 Å². The first-order valence-electron chi connectivity index (χ1n) is 14.7. The predicted molar refractivity (Wildman–Crippen MR) is 153 cm³/mol. The van der Waals surface area contributed by atoms with Crippen LogP contribution in [-0.4, -0.2) is 51.2 Å². The Morgan fingerprint density at radius 1 is 0.571 bits per heavy atom. The number of hydrogen-bond acceptors (Lipinski definition) is 3. The number of hydrogen-bond donors (Lipinski definition) is 1. The summed E-state index contributed by atoms with van der Waals surface area (Å²) in [6, 6.07) is 0. The van der Waals surface area contributed by atoms with E-state index >= 15 is 0 Å². The molecule has 0 unspecified atom stereocenters. The van der Waals surface area contributed by atoms with Crippen LogP contribution in [0.1, 0.15) is 138 Å². The van der Waals surface area contributed by atoms with Gasteiger partial charge in [0.05, 0.1) is 33.8 Å². The molecule has 0 saturated heterocycles. The maximum Gasteiger partial charge on any atom is 0.397 e. The second kappa shape index (κ2) is 23.0. The maximum atomic E-state index is 9.33. The molecule has 0 rings (SSSR count). The van der Waals surface area contributed by atoms with Crippen molar-refractivity contribution in [3.63, 3.8) is 0 Å². The molecule has 0 aliphatic heterocycles. The summed E-state index contributed by atoms with van der Waals surface area (Å²) in [5.74, 6) is 2.63. The number of nitrogens with zero attached hydrogens (tertiary/aromatic N) is 1. The van der Waals surface area contributed by atoms with Crippen molar-refractivity contribution < 1.29 is 21.6 Å². The molecule has 0 aromatic carbocycles. The lowest BCUT2D eigenvalue weighted by atomic mass is 10.0. The molecule has 0 amide bonds. The van der Waals surface area contributed by atoms with Crippen LogP contribution in [0.25, 0.3) is 0 Å². The topological polar surface area (TPSA) is 63.6 Å². The average Bonchev–Trinajstić information content (AvgIpc) is 2.75. The van der Waals surface area contributed by atoms with E-state index in [2.05, 4.69) is 52.8 Å². The first kappa shape index (κ1) is 37.0. The Kier molecular flexibility index (Phi) is 24.3. The molecule has 0 aliphatic rings. The third kappa shape index (κ3) is 31.8. The largest absolute Gasteiger partial charge is 0.397 e. The minimum atomic E-state index is -4.16. The minimum absolute atomic E-state index is 0.870. The van der Waals surface area contributed by atoms with E-state index in [-0.39, 0.29) is 0 Å². The smallest absolute Gasteiger partial charge is 0.326 e. The molecule has 35 heavy (non-hydrogen) atoms. The minimum Gasteiger partial charge on any atom is -0.326 e. The van der Waals surface area contributed by atoms with Crippen LogP contribution in [0.4, 0.5) is 0 Å². The van der Waals surface area contributed by atoms with Crippen LogP contribution in [0, 0.1) is 17.8 Å². The fourth-order valence-electron chi connectivity index (χ4n) is 4.53. The molecule has 0 saturated carbocycles. The van der Waals surface area contributed by atoms with Crippen molar-refractivity contribution in [1.29, 1.82) is 0 Å². The van der Waals surface area contributed by atoms with Crippen molar-refractivity contribution in [2.75, 3.05) is 33.8 Å². The van der Waals surface area contributed by atoms with Crippen molar-refractivity contribution in [2.24, 2.45) is 17.8 Å². The Morgan fingerprint density at radius 3 is 1.00 bits per heavy atom. The molecule has 5 nitrogen and oxygen atoms in total. The first-order valence-corrected chi connectivity index (χ1v) is 16.0. The lowest BCUT2D eigenvalue weighted by Crippen LogP contribution is -2.46. The monoisotopic (exact) mass is 522 g/mol. The molecule has 0 spiro atoms. The highest BCUT2D eigenvalue weighted by molar-refractivity contribution is 7.80. The Morgan fingerprint density at radius 2 is 0.800 bits per heavy atom. The van der Waals surface area contributed by atoms with Gasteiger partial charge in [-0.1, -0.05) is 99.3 Å². The molecule has 0 heterocycles. The molecule has 0 aromatic heterocycles. The molecular weight excluding hydrogens is 458 g/mol. The fraction of sp³-hybridized carbons (Fsp3) is 1.00. The van der Waals surface area contributed by atoms with Crippen LogP contribution in [0.15, 0.2) is 0 Å². The summed E-state index contributed by atoms with van der Waals surface area (Å²) >= 11 is 0. The Bertz CT molecular complexity index is 497. The summed E-state index contributed by atoms with van der Waals surface area (Å²) in [5, 5.41) is 0. The van der Waals surface area contributed by atoms with Gasteiger partial charge < -0.3 is 4.48 Å². The van der Waals surface area contributed by atoms with E-state index in [9.17, 15) is 8.42 Å². The highest BCUT2D eigenvalue weighted by Gasteiger charge is 2.20. The van der Waals surface area contributed by atoms with Gasteiger partial charge in [0.1, 0.15) is 0 Å². The fourth-order valence-corrected chi connectivity index (χ4v) is 4.53. The third-order valence-electron chi connectivity index (χ3n) is 6.90. The summed E-state index contributed by atoms with van der Waals surface area (Å²) in [4.78, 5) is 0. The Balaban J connectivity index is 0. The van der Waals surface area contributed by atoms with Gasteiger partial charge in [0.25, 0.3) is 0 Å². The van der Waals surface area contributed by atoms with E-state index in [0.717, 1.165) is 24.9 Å². The second-order valence-corrected chi connectivity index (χ2v) is 13.4. The third-order valence-corrected chi connectivity index (χ3v) is 7.32. The predicted octanol–water partition coefficient (Wildman–Crippen LogP) is 8.69. The molecule has 0 radical (unpaired) electrons. The van der Waals surface area contributed by atoms with Crippen LogP contribution >= 0.6 is 0 Å². The highest BCUT2D eigenvalue weighted by Crippen LogP contribution is 2.17. The van der Waals surface area contributed by atoms with Gasteiger partial charge >= 0.3 is 10.4 Å². The van der Waals surface area contributed by atoms with Crippen molar-refractivity contribution >= 4 is 10.4 Å². The van der Waals surface area contributed by atoms with E-state index < -0.39 is 10.4 Å². The van der Waals surface area contributed by atoms with E-state index in [1.807, 2.05) is 0 Å². The SMILES string of the molecule is CC(C)CCCCCC[N+](C)(CCCCCCC(C)C)CCCCCCC(C)C.COS(=O)(=O)O. The number of unbranched alkanes of at least 4 members (excludes halogenated alkanes) is 9. The quantitative estimate of drug-likeness (QED) is 0.0877. The average molecular weight is 523 g/mol.